The predicted molar refractivity (Wildman–Crippen MR) is 83.9 cm³/mol. The lowest BCUT2D eigenvalue weighted by atomic mass is 10.2. The van der Waals surface area contributed by atoms with Gasteiger partial charge in [-0.25, -0.2) is 17.5 Å². The van der Waals surface area contributed by atoms with Crippen LogP contribution in [-0.2, 0) is 14.8 Å². The van der Waals surface area contributed by atoms with E-state index >= 15 is 0 Å². The van der Waals surface area contributed by atoms with E-state index in [2.05, 4.69) is 5.32 Å². The summed E-state index contributed by atoms with van der Waals surface area (Å²) in [5.74, 6) is -1.27. The number of anilines is 1. The molecule has 0 unspecified atom stereocenters. The second-order valence-corrected chi connectivity index (χ2v) is 7.05. The molecule has 22 heavy (non-hydrogen) atoms. The molecule has 0 bridgehead atoms. The van der Waals surface area contributed by atoms with E-state index in [9.17, 15) is 13.2 Å². The molecule has 1 aromatic rings. The van der Waals surface area contributed by atoms with Gasteiger partial charge in [-0.05, 0) is 31.0 Å². The molecule has 2 N–H and O–H groups in total. The van der Waals surface area contributed by atoms with E-state index in [0.717, 1.165) is 17.1 Å². The van der Waals surface area contributed by atoms with Crippen molar-refractivity contribution in [3.05, 3.63) is 23.8 Å². The van der Waals surface area contributed by atoms with Crippen molar-refractivity contribution >= 4 is 21.7 Å². The van der Waals surface area contributed by atoms with Gasteiger partial charge in [-0.1, -0.05) is 0 Å². The van der Waals surface area contributed by atoms with Crippen molar-refractivity contribution in [1.82, 2.24) is 4.31 Å². The zero-order chi connectivity index (χ0) is 16.8. The molecule has 0 aromatic heterocycles. The monoisotopic (exact) mass is 330 g/mol. The number of benzene rings is 1. The topological polar surface area (TPSA) is 95.9 Å². The smallest absolute Gasteiger partial charge is 0.337 e. The van der Waals surface area contributed by atoms with Crippen molar-refractivity contribution in [2.75, 3.05) is 39.7 Å². The second kappa shape index (κ2) is 8.11. The minimum Gasteiger partial charge on any atom is -0.478 e. The van der Waals surface area contributed by atoms with Crippen molar-refractivity contribution in [3.63, 3.8) is 0 Å². The molecule has 1 rings (SSSR count). The van der Waals surface area contributed by atoms with Crippen LogP contribution in [-0.4, -0.2) is 58.2 Å². The Labute approximate surface area is 130 Å². The fourth-order valence-electron chi connectivity index (χ4n) is 1.82. The lowest BCUT2D eigenvalue weighted by Crippen LogP contribution is -2.24. The van der Waals surface area contributed by atoms with Crippen LogP contribution in [0.15, 0.2) is 23.1 Å². The average Bonchev–Trinajstić information content (AvgIpc) is 2.46. The third kappa shape index (κ3) is 4.69. The van der Waals surface area contributed by atoms with Crippen LogP contribution in [0.3, 0.4) is 0 Å². The highest BCUT2D eigenvalue weighted by Gasteiger charge is 2.24. The molecule has 0 amide bonds. The van der Waals surface area contributed by atoms with Gasteiger partial charge in [0.25, 0.3) is 0 Å². The maximum Gasteiger partial charge on any atom is 0.337 e. The van der Waals surface area contributed by atoms with E-state index < -0.39 is 16.0 Å². The van der Waals surface area contributed by atoms with E-state index in [4.69, 9.17) is 9.84 Å². The Kier molecular flexibility index (Phi) is 6.79. The number of rotatable bonds is 9. The van der Waals surface area contributed by atoms with Gasteiger partial charge in [-0.2, -0.15) is 0 Å². The Balaban J connectivity index is 2.98. The standard InChI is InChI=1S/C14H22N2O5S/c1-16(2)22(19,20)13-10-11(6-7-12(13)14(17)18)15-8-4-5-9-21-3/h6-7,10,15H,4-5,8-9H2,1-3H3,(H,17,18). The van der Waals surface area contributed by atoms with Gasteiger partial charge < -0.3 is 15.2 Å². The number of nitrogens with one attached hydrogen (secondary N) is 1. The van der Waals surface area contributed by atoms with Crippen LogP contribution in [0, 0.1) is 0 Å². The molecule has 0 fully saturated rings. The van der Waals surface area contributed by atoms with Crippen LogP contribution in [0.1, 0.15) is 23.2 Å². The highest BCUT2D eigenvalue weighted by Crippen LogP contribution is 2.23. The van der Waals surface area contributed by atoms with Gasteiger partial charge in [-0.3, -0.25) is 0 Å². The van der Waals surface area contributed by atoms with Gasteiger partial charge >= 0.3 is 5.97 Å². The zero-order valence-electron chi connectivity index (χ0n) is 13.0. The number of sulfonamides is 1. The summed E-state index contributed by atoms with van der Waals surface area (Å²) in [5, 5.41) is 12.2. The number of methoxy groups -OCH3 is 1. The Hall–Kier alpha value is -1.64. The first kappa shape index (κ1) is 18.4. The summed E-state index contributed by atoms with van der Waals surface area (Å²) < 4.78 is 30.4. The largest absolute Gasteiger partial charge is 0.478 e. The van der Waals surface area contributed by atoms with Crippen LogP contribution in [0.5, 0.6) is 0 Å². The number of hydrogen-bond donors (Lipinski definition) is 2. The summed E-state index contributed by atoms with van der Waals surface area (Å²) in [6, 6.07) is 4.22. The molecule has 0 saturated heterocycles. The number of carboxylic acid groups (broad SMARTS) is 1. The number of carboxylic acids is 1. The molecule has 0 heterocycles. The molecule has 0 saturated carbocycles. The lowest BCUT2D eigenvalue weighted by Gasteiger charge is -2.15. The molecule has 0 aliphatic heterocycles. The summed E-state index contributed by atoms with van der Waals surface area (Å²) in [6.07, 6.45) is 1.75. The van der Waals surface area contributed by atoms with Gasteiger partial charge in [0.2, 0.25) is 10.0 Å². The molecule has 124 valence electrons. The van der Waals surface area contributed by atoms with Gasteiger partial charge in [-0.15, -0.1) is 0 Å². The second-order valence-electron chi connectivity index (χ2n) is 4.93. The van der Waals surface area contributed by atoms with Crippen molar-refractivity contribution in [3.8, 4) is 0 Å². The quantitative estimate of drug-likeness (QED) is 0.666. The molecule has 1 aromatic carbocycles. The third-order valence-electron chi connectivity index (χ3n) is 3.08. The van der Waals surface area contributed by atoms with Crippen LogP contribution < -0.4 is 5.32 Å². The van der Waals surface area contributed by atoms with Crippen molar-refractivity contribution in [1.29, 1.82) is 0 Å². The normalized spacial score (nSPS) is 11.6. The maximum absolute atomic E-state index is 12.2. The molecular formula is C14H22N2O5S. The van der Waals surface area contributed by atoms with Crippen LogP contribution in [0.4, 0.5) is 5.69 Å². The Morgan fingerprint density at radius 3 is 2.55 bits per heavy atom. The van der Waals surface area contributed by atoms with Gasteiger partial charge in [0, 0.05) is 40.0 Å². The number of ether oxygens (including phenoxy) is 1. The zero-order valence-corrected chi connectivity index (χ0v) is 13.8. The molecule has 0 atom stereocenters. The molecule has 0 spiro atoms. The summed E-state index contributed by atoms with van der Waals surface area (Å²) in [4.78, 5) is 11.0. The van der Waals surface area contributed by atoms with Crippen LogP contribution >= 0.6 is 0 Å². The number of hydrogen-bond acceptors (Lipinski definition) is 5. The first-order valence-electron chi connectivity index (χ1n) is 6.83. The third-order valence-corrected chi connectivity index (χ3v) is 4.93. The summed E-state index contributed by atoms with van der Waals surface area (Å²) >= 11 is 0. The number of aromatic carboxylic acids is 1. The molecule has 0 aliphatic rings. The number of carbonyl (C=O) groups is 1. The van der Waals surface area contributed by atoms with E-state index in [-0.39, 0.29) is 10.5 Å². The van der Waals surface area contributed by atoms with E-state index in [0.29, 0.717) is 18.8 Å². The molecular weight excluding hydrogens is 308 g/mol. The van der Waals surface area contributed by atoms with Gasteiger partial charge in [0.05, 0.1) is 10.5 Å². The Morgan fingerprint density at radius 1 is 1.32 bits per heavy atom. The summed E-state index contributed by atoms with van der Waals surface area (Å²) in [6.45, 7) is 1.32. The predicted octanol–water partition coefficient (Wildman–Crippen LogP) is 1.47. The van der Waals surface area contributed by atoms with E-state index in [1.807, 2.05) is 0 Å². The summed E-state index contributed by atoms with van der Waals surface area (Å²) in [7, 11) is 0.547. The van der Waals surface area contributed by atoms with Gasteiger partial charge in [0.1, 0.15) is 0 Å². The van der Waals surface area contributed by atoms with Crippen LogP contribution in [0.2, 0.25) is 0 Å². The van der Waals surface area contributed by atoms with Gasteiger partial charge in [0.15, 0.2) is 0 Å². The maximum atomic E-state index is 12.2. The number of nitrogens with zero attached hydrogens (tertiary/aromatic N) is 1. The number of unbranched alkanes of at least 4 members (excludes halogenated alkanes) is 1. The van der Waals surface area contributed by atoms with E-state index in [1.165, 1.54) is 26.2 Å². The average molecular weight is 330 g/mol. The molecule has 8 heteroatoms. The fourth-order valence-corrected chi connectivity index (χ4v) is 2.93. The molecule has 7 nitrogen and oxygen atoms in total. The highest BCUT2D eigenvalue weighted by atomic mass is 32.2. The molecule has 0 aliphatic carbocycles. The SMILES string of the molecule is COCCCCNc1ccc(C(=O)O)c(S(=O)(=O)N(C)C)c1. The minimum atomic E-state index is -3.82. The van der Waals surface area contributed by atoms with Crippen molar-refractivity contribution in [2.45, 2.75) is 17.7 Å². The Morgan fingerprint density at radius 2 is 2.00 bits per heavy atom. The van der Waals surface area contributed by atoms with E-state index in [1.54, 1.807) is 13.2 Å². The minimum absolute atomic E-state index is 0.216. The first-order chi connectivity index (χ1) is 10.3. The summed E-state index contributed by atoms with van der Waals surface area (Å²) in [5.41, 5.74) is 0.335. The first-order valence-corrected chi connectivity index (χ1v) is 8.27. The van der Waals surface area contributed by atoms with Crippen molar-refractivity contribution in [2.24, 2.45) is 0 Å². The Bertz CT molecular complexity index is 614. The molecule has 0 radical (unpaired) electrons. The highest BCUT2D eigenvalue weighted by molar-refractivity contribution is 7.89. The fraction of sp³-hybridized carbons (Fsp3) is 0.500. The van der Waals surface area contributed by atoms with Crippen molar-refractivity contribution < 1.29 is 23.1 Å². The lowest BCUT2D eigenvalue weighted by molar-refractivity contribution is 0.0692. The van der Waals surface area contributed by atoms with Crippen LogP contribution in [0.25, 0.3) is 0 Å².